The van der Waals surface area contributed by atoms with Crippen molar-refractivity contribution in [3.8, 4) is 11.5 Å². The van der Waals surface area contributed by atoms with Crippen molar-refractivity contribution in [1.82, 2.24) is 24.4 Å². The second kappa shape index (κ2) is 20.1. The van der Waals surface area contributed by atoms with Crippen LogP contribution in [0.25, 0.3) is 22.1 Å². The quantitative estimate of drug-likeness (QED) is 0.0204. The molecule has 4 aromatic rings. The van der Waals surface area contributed by atoms with Crippen molar-refractivity contribution in [3.05, 3.63) is 65.5 Å². The van der Waals surface area contributed by atoms with E-state index in [-0.39, 0.29) is 60.9 Å². The molecule has 0 saturated carbocycles. The third kappa shape index (κ3) is 11.9. The van der Waals surface area contributed by atoms with Gasteiger partial charge in [-0.15, -0.1) is 0 Å². The number of ether oxygens (including phenoxy) is 2. The molecule has 4 amide bonds. The molecule has 19 heteroatoms. The van der Waals surface area contributed by atoms with E-state index in [0.717, 1.165) is 0 Å². The van der Waals surface area contributed by atoms with Crippen LogP contribution in [0, 0.1) is 0 Å². The highest BCUT2D eigenvalue weighted by Crippen LogP contribution is 2.33. The Hall–Kier alpha value is -6.73. The third-order valence-electron chi connectivity index (χ3n) is 8.55. The number of primary amides is 2. The molecule has 19 nitrogen and oxygen atoms in total. The van der Waals surface area contributed by atoms with Crippen molar-refractivity contribution in [2.75, 3.05) is 50.2 Å². The number of nitrogen functional groups attached to an aromatic ring is 1. The van der Waals surface area contributed by atoms with Gasteiger partial charge in [-0.1, -0.05) is 12.2 Å². The molecule has 0 fully saturated rings. The van der Waals surface area contributed by atoms with Gasteiger partial charge in [-0.2, -0.15) is 0 Å². The van der Waals surface area contributed by atoms with Crippen LogP contribution >= 0.6 is 0 Å². The Bertz CT molecular complexity index is 2330. The summed E-state index contributed by atoms with van der Waals surface area (Å²) in [5.74, 6) is -0.605. The van der Waals surface area contributed by atoms with Crippen LogP contribution in [-0.2, 0) is 27.5 Å². The van der Waals surface area contributed by atoms with Gasteiger partial charge in [-0.3, -0.25) is 35.3 Å². The number of aliphatic imine (C=N–C) groups is 1. The number of methoxy groups -OCH3 is 1. The van der Waals surface area contributed by atoms with E-state index in [1.54, 1.807) is 41.3 Å². The molecule has 0 bridgehead atoms. The fourth-order valence-electron chi connectivity index (χ4n) is 6.05. The molecule has 0 aliphatic rings. The lowest BCUT2D eigenvalue weighted by Crippen LogP contribution is -2.83. The molecule has 0 atom stereocenters. The van der Waals surface area contributed by atoms with Crippen LogP contribution in [0.1, 0.15) is 57.8 Å². The number of carbonyl (C=O) groups is 4. The number of anilines is 3. The van der Waals surface area contributed by atoms with Crippen molar-refractivity contribution in [2.24, 2.45) is 16.5 Å². The average Bonchev–Trinajstić information content (AvgIpc) is 3.69. The monoisotopic (exact) mass is 815 g/mol. The minimum atomic E-state index is -0.697. The van der Waals surface area contributed by atoms with Crippen molar-refractivity contribution >= 4 is 69.0 Å². The van der Waals surface area contributed by atoms with E-state index in [2.05, 4.69) is 31.7 Å². The second-order valence-electron chi connectivity index (χ2n) is 14.3. The van der Waals surface area contributed by atoms with E-state index in [0.29, 0.717) is 64.4 Å². The number of nitrogens with zero attached hydrogens (tertiary/aromatic N) is 5. The number of likely N-dealkylation sites (N-methyl/N-ethyl adjacent to an activating group) is 1. The highest BCUT2D eigenvalue weighted by molar-refractivity contribution is 6.47. The van der Waals surface area contributed by atoms with Gasteiger partial charge in [-0.25, -0.2) is 14.8 Å². The summed E-state index contributed by atoms with van der Waals surface area (Å²) in [6.07, 6.45) is 7.59. The molecule has 2 aromatic heterocycles. The number of hydrogen-bond acceptors (Lipinski definition) is 12. The van der Waals surface area contributed by atoms with Crippen LogP contribution in [0.4, 0.5) is 17.6 Å². The number of aromatic nitrogens is 4. The normalized spacial score (nSPS) is 12.6. The summed E-state index contributed by atoms with van der Waals surface area (Å²) in [4.78, 5) is 65.3. The van der Waals surface area contributed by atoms with Crippen molar-refractivity contribution < 1.29 is 39.7 Å². The van der Waals surface area contributed by atoms with Gasteiger partial charge < -0.3 is 46.9 Å². The van der Waals surface area contributed by atoms with E-state index in [1.807, 2.05) is 39.8 Å². The first-order valence-corrected chi connectivity index (χ1v) is 19.2. The molecule has 0 unspecified atom stereocenters. The van der Waals surface area contributed by atoms with Gasteiger partial charge in [0.25, 0.3) is 11.8 Å². The van der Waals surface area contributed by atoms with Crippen LogP contribution in [-0.4, -0.2) is 87.8 Å². The van der Waals surface area contributed by atoms with Crippen LogP contribution in [0.5, 0.6) is 11.5 Å². The lowest BCUT2D eigenvalue weighted by Gasteiger charge is -2.16. The molecule has 14 N–H and O–H groups in total. The summed E-state index contributed by atoms with van der Waals surface area (Å²) < 4.78 is 15.3. The maximum absolute atomic E-state index is 13.8. The second-order valence-corrected chi connectivity index (χ2v) is 14.3. The van der Waals surface area contributed by atoms with Crippen molar-refractivity contribution in [3.63, 3.8) is 0 Å². The van der Waals surface area contributed by atoms with Crippen molar-refractivity contribution in [1.29, 1.82) is 0 Å². The zero-order valence-corrected chi connectivity index (χ0v) is 34.8. The number of imidazole rings is 2. The number of hydrogen-bond donors (Lipinski definition) is 8. The molecule has 0 spiro atoms. The summed E-state index contributed by atoms with van der Waals surface area (Å²) in [5, 5.41) is 10.4. The van der Waals surface area contributed by atoms with Crippen LogP contribution in [0.15, 0.2) is 65.0 Å². The molecule has 0 aliphatic heterocycles. The molecule has 316 valence electrons. The molecule has 2 aromatic carbocycles. The van der Waals surface area contributed by atoms with E-state index in [4.69, 9.17) is 31.7 Å². The van der Waals surface area contributed by atoms with Gasteiger partial charge in [0, 0.05) is 55.3 Å². The predicted octanol–water partition coefficient (Wildman–Crippen LogP) is 0.925. The number of carbonyl (C=O) groups excluding carboxylic acids is 4. The summed E-state index contributed by atoms with van der Waals surface area (Å²) >= 11 is 0. The number of nitrogens with one attached hydrogen (secondary N) is 3. The topological polar surface area (TPSA) is 293 Å². The first kappa shape index (κ1) is 45.0. The van der Waals surface area contributed by atoms with Crippen LogP contribution in [0.2, 0.25) is 0 Å². The first-order valence-electron chi connectivity index (χ1n) is 19.2. The van der Waals surface area contributed by atoms with E-state index in [1.165, 1.54) is 30.6 Å². The highest BCUT2D eigenvalue weighted by Gasteiger charge is 2.23. The zero-order chi connectivity index (χ0) is 43.4. The highest BCUT2D eigenvalue weighted by atomic mass is 16.5. The van der Waals surface area contributed by atoms with Crippen LogP contribution < -0.4 is 53.7 Å². The number of quaternary nitrogens is 2. The van der Waals surface area contributed by atoms with Crippen LogP contribution in [0.3, 0.4) is 0 Å². The Morgan fingerprint density at radius 2 is 1.56 bits per heavy atom. The maximum Gasteiger partial charge on any atom is 0.310 e. The predicted molar refractivity (Wildman–Crippen MR) is 228 cm³/mol. The average molecular weight is 816 g/mol. The molecule has 59 heavy (non-hydrogen) atoms. The molecule has 0 radical (unpaired) electrons. The Morgan fingerprint density at radius 3 is 2.10 bits per heavy atom. The number of rotatable bonds is 20. The smallest absolute Gasteiger partial charge is 0.310 e. The standard InChI is InChI=1S/C40H55N13O6/c1-8-46-28(17-23(3)41)36(56)50-39-49-27-20-25(42)21-30(58-7)33(27)52(39)14-10-11-15-53-34-26(48-38(53)51-37(57)29(47-9-2)22-40(4,5)44)18-24(35(43)55)19-31(34)59-16-12-13-32(54)45-6/h10-11,17-22,47H,8-9,12-16,41-42,44H2,1-7H3,(H2,43,55)(H,45,54)(H,48,51,57)(H,49,50,56)/p+2/b11-10+,23-17-,29-22-,46-28?. The SMILES string of the molecule is CCN=C(/C=C(/C)N)C(=O)Nc1nc2cc(N)cc(OC)c2n1C/C=C/Cn1c(NC(=O)/C(=C/C(C)(C)[NH3+])NCC)nc2cc(C(N)=O)cc(OCCCC(=O)[NH2+]C)c21. The number of amides is 4. The summed E-state index contributed by atoms with van der Waals surface area (Å²) in [5.41, 5.74) is 24.6. The lowest BCUT2D eigenvalue weighted by molar-refractivity contribution is -0.539. The fraction of sp³-hybridized carbons (Fsp3) is 0.375. The minimum Gasteiger partial charge on any atom is -0.494 e. The first-order chi connectivity index (χ1) is 28.0. The number of fused-ring (bicyclic) bond motifs is 2. The summed E-state index contributed by atoms with van der Waals surface area (Å²) in [6.45, 7) is 10.4. The van der Waals surface area contributed by atoms with Gasteiger partial charge in [-0.05, 0) is 65.3 Å². The molecule has 0 aliphatic carbocycles. The van der Waals surface area contributed by atoms with Gasteiger partial charge in [0.1, 0.15) is 39.5 Å². The Morgan fingerprint density at radius 1 is 0.949 bits per heavy atom. The minimum absolute atomic E-state index is 0.0219. The van der Waals surface area contributed by atoms with Gasteiger partial charge in [0.15, 0.2) is 0 Å². The summed E-state index contributed by atoms with van der Waals surface area (Å²) in [6, 6.07) is 6.38. The van der Waals surface area contributed by atoms with Crippen molar-refractivity contribution in [2.45, 2.75) is 66.1 Å². The van der Waals surface area contributed by atoms with E-state index in [9.17, 15) is 19.2 Å². The maximum atomic E-state index is 13.8. The molecule has 4 rings (SSSR count). The molecular weight excluding hydrogens is 759 g/mol. The molecule has 2 heterocycles. The fourth-order valence-corrected chi connectivity index (χ4v) is 6.05. The lowest BCUT2D eigenvalue weighted by atomic mass is 10.1. The zero-order valence-electron chi connectivity index (χ0n) is 34.8. The number of benzene rings is 2. The molecule has 0 saturated heterocycles. The largest absolute Gasteiger partial charge is 0.494 e. The number of allylic oxidation sites excluding steroid dienone is 3. The summed E-state index contributed by atoms with van der Waals surface area (Å²) in [7, 11) is 3.19. The van der Waals surface area contributed by atoms with Gasteiger partial charge in [0.2, 0.25) is 17.8 Å². The number of nitrogens with two attached hydrogens (primary N) is 4. The van der Waals surface area contributed by atoms with Gasteiger partial charge in [0.05, 0.1) is 38.2 Å². The Kier molecular flexibility index (Phi) is 15.3. The molecular formula is C40H57N13O6+2. The Balaban J connectivity index is 1.82. The van der Waals surface area contributed by atoms with Gasteiger partial charge >= 0.3 is 5.91 Å². The Labute approximate surface area is 342 Å². The van der Waals surface area contributed by atoms with E-state index >= 15 is 0 Å². The third-order valence-corrected chi connectivity index (χ3v) is 8.55. The van der Waals surface area contributed by atoms with E-state index < -0.39 is 23.3 Å².